The van der Waals surface area contributed by atoms with Crippen LogP contribution in [0.15, 0.2) is 17.5 Å². The van der Waals surface area contributed by atoms with Crippen molar-refractivity contribution in [2.75, 3.05) is 19.7 Å². The first-order valence-electron chi connectivity index (χ1n) is 9.18. The second-order valence-corrected chi connectivity index (χ2v) is 8.76. The third-order valence-corrected chi connectivity index (χ3v) is 7.07. The molecule has 0 radical (unpaired) electrons. The number of ether oxygens (including phenoxy) is 1. The van der Waals surface area contributed by atoms with Gasteiger partial charge in [0.05, 0.1) is 30.5 Å². The van der Waals surface area contributed by atoms with Gasteiger partial charge in [0, 0.05) is 12.8 Å². The number of hydrogen-bond donors (Lipinski definition) is 2. The van der Waals surface area contributed by atoms with Gasteiger partial charge in [-0.2, -0.15) is 4.52 Å². The van der Waals surface area contributed by atoms with E-state index in [1.54, 1.807) is 11.3 Å². The van der Waals surface area contributed by atoms with Gasteiger partial charge in [0.1, 0.15) is 10.7 Å². The SMILES string of the molecule is CCOC(=O)C1CC[NH+]([C@H](c2cccs2)c2sc3nc(C)nn3c2O)CC1. The number of rotatable bonds is 5. The molecule has 0 amide bonds. The first-order valence-corrected chi connectivity index (χ1v) is 10.9. The number of quaternary nitrogens is 1. The topological polar surface area (TPSA) is 81.2 Å². The summed E-state index contributed by atoms with van der Waals surface area (Å²) in [6.07, 6.45) is 1.60. The zero-order chi connectivity index (χ0) is 19.0. The Kier molecular flexibility index (Phi) is 5.16. The summed E-state index contributed by atoms with van der Waals surface area (Å²) in [7, 11) is 0. The van der Waals surface area contributed by atoms with E-state index >= 15 is 0 Å². The number of piperidine rings is 1. The van der Waals surface area contributed by atoms with Gasteiger partial charge in [0.25, 0.3) is 0 Å². The predicted molar refractivity (Wildman–Crippen MR) is 103 cm³/mol. The van der Waals surface area contributed by atoms with E-state index in [-0.39, 0.29) is 23.8 Å². The van der Waals surface area contributed by atoms with Crippen LogP contribution in [0.25, 0.3) is 4.96 Å². The Morgan fingerprint density at radius 2 is 2.26 bits per heavy atom. The molecule has 0 saturated carbocycles. The molecular weight excluding hydrogens is 384 g/mol. The molecule has 7 nitrogen and oxygen atoms in total. The van der Waals surface area contributed by atoms with Crippen molar-refractivity contribution in [1.82, 2.24) is 14.6 Å². The summed E-state index contributed by atoms with van der Waals surface area (Å²) in [6.45, 7) is 5.81. The molecule has 3 aromatic heterocycles. The number of aryl methyl sites for hydroxylation is 1. The molecule has 1 aliphatic rings. The lowest BCUT2D eigenvalue weighted by Crippen LogP contribution is -3.13. The fourth-order valence-electron chi connectivity index (χ4n) is 3.78. The summed E-state index contributed by atoms with van der Waals surface area (Å²) in [5.41, 5.74) is 0. The Labute approximate surface area is 165 Å². The highest BCUT2D eigenvalue weighted by atomic mass is 32.1. The first-order chi connectivity index (χ1) is 13.1. The maximum atomic E-state index is 12.1. The van der Waals surface area contributed by atoms with Crippen LogP contribution < -0.4 is 4.90 Å². The van der Waals surface area contributed by atoms with E-state index in [0.717, 1.165) is 30.8 Å². The fourth-order valence-corrected chi connectivity index (χ4v) is 5.92. The average molecular weight is 408 g/mol. The van der Waals surface area contributed by atoms with E-state index in [0.29, 0.717) is 17.4 Å². The normalized spacial score (nSPS) is 21.4. The molecule has 0 aliphatic carbocycles. The number of esters is 1. The molecule has 4 heterocycles. The highest BCUT2D eigenvalue weighted by Crippen LogP contribution is 2.36. The molecule has 1 aliphatic heterocycles. The van der Waals surface area contributed by atoms with Crippen molar-refractivity contribution in [1.29, 1.82) is 0 Å². The summed E-state index contributed by atoms with van der Waals surface area (Å²) in [5.74, 6) is 0.727. The zero-order valence-corrected chi connectivity index (χ0v) is 17.0. The summed E-state index contributed by atoms with van der Waals surface area (Å²) in [4.78, 5) is 20.6. The number of nitrogens with one attached hydrogen (secondary N) is 1. The summed E-state index contributed by atoms with van der Waals surface area (Å²) in [5, 5.41) is 17.2. The van der Waals surface area contributed by atoms with E-state index < -0.39 is 0 Å². The third-order valence-electron chi connectivity index (χ3n) is 5.05. The predicted octanol–water partition coefficient (Wildman–Crippen LogP) is 1.81. The summed E-state index contributed by atoms with van der Waals surface area (Å²) >= 11 is 3.19. The van der Waals surface area contributed by atoms with Gasteiger partial charge < -0.3 is 14.7 Å². The van der Waals surface area contributed by atoms with Gasteiger partial charge in [-0.05, 0) is 25.3 Å². The maximum absolute atomic E-state index is 12.1. The van der Waals surface area contributed by atoms with E-state index in [1.165, 1.54) is 25.6 Å². The minimum atomic E-state index is -0.0821. The van der Waals surface area contributed by atoms with Crippen molar-refractivity contribution in [2.24, 2.45) is 5.92 Å². The fraction of sp³-hybridized carbons (Fsp3) is 0.500. The molecule has 1 atom stereocenters. The lowest BCUT2D eigenvalue weighted by atomic mass is 9.95. The number of aromatic nitrogens is 3. The number of thiazole rings is 1. The maximum Gasteiger partial charge on any atom is 0.309 e. The molecule has 0 spiro atoms. The van der Waals surface area contributed by atoms with Crippen molar-refractivity contribution in [3.8, 4) is 5.88 Å². The van der Waals surface area contributed by atoms with E-state index in [2.05, 4.69) is 21.5 Å². The minimum Gasteiger partial charge on any atom is -0.492 e. The summed E-state index contributed by atoms with van der Waals surface area (Å²) in [6, 6.07) is 4.18. The summed E-state index contributed by atoms with van der Waals surface area (Å²) < 4.78 is 6.72. The monoisotopic (exact) mass is 407 g/mol. The molecule has 0 bridgehead atoms. The van der Waals surface area contributed by atoms with Crippen LogP contribution in [0.1, 0.15) is 41.4 Å². The largest absolute Gasteiger partial charge is 0.492 e. The highest BCUT2D eigenvalue weighted by Gasteiger charge is 2.37. The smallest absolute Gasteiger partial charge is 0.309 e. The van der Waals surface area contributed by atoms with Gasteiger partial charge in [-0.3, -0.25) is 4.79 Å². The van der Waals surface area contributed by atoms with Crippen molar-refractivity contribution in [2.45, 2.75) is 32.7 Å². The molecular formula is C18H23N4O3S2+. The van der Waals surface area contributed by atoms with Crippen LogP contribution >= 0.6 is 22.7 Å². The zero-order valence-electron chi connectivity index (χ0n) is 15.3. The van der Waals surface area contributed by atoms with Crippen LogP contribution in [0, 0.1) is 12.8 Å². The van der Waals surface area contributed by atoms with Gasteiger partial charge >= 0.3 is 5.97 Å². The van der Waals surface area contributed by atoms with Gasteiger partial charge in [-0.25, -0.2) is 4.98 Å². The molecule has 0 unspecified atom stereocenters. The van der Waals surface area contributed by atoms with Crippen LogP contribution in [0.4, 0.5) is 0 Å². The van der Waals surface area contributed by atoms with Crippen LogP contribution in [0.2, 0.25) is 0 Å². The van der Waals surface area contributed by atoms with Gasteiger partial charge in [-0.1, -0.05) is 17.4 Å². The van der Waals surface area contributed by atoms with E-state index in [9.17, 15) is 9.90 Å². The molecule has 3 aromatic rings. The molecule has 0 aromatic carbocycles. The second-order valence-electron chi connectivity index (χ2n) is 6.78. The van der Waals surface area contributed by atoms with Crippen LogP contribution in [0.5, 0.6) is 5.88 Å². The quantitative estimate of drug-likeness (QED) is 0.631. The average Bonchev–Trinajstić information content (AvgIpc) is 3.36. The van der Waals surface area contributed by atoms with E-state index in [4.69, 9.17) is 4.74 Å². The number of aromatic hydroxyl groups is 1. The standard InChI is InChI=1S/C18H22N4O3S2/c1-3-25-17(24)12-6-8-21(9-7-12)14(13-5-4-10-26-13)15-16(23)22-18(27-15)19-11(2)20-22/h4-5,10,12,14,23H,3,6-9H2,1-2H3/p+1/t14-/m1/s1. The lowest BCUT2D eigenvalue weighted by Gasteiger charge is -2.33. The van der Waals surface area contributed by atoms with Crippen molar-refractivity contribution < 1.29 is 19.5 Å². The van der Waals surface area contributed by atoms with Crippen molar-refractivity contribution in [3.05, 3.63) is 33.1 Å². The van der Waals surface area contributed by atoms with Crippen molar-refractivity contribution >= 4 is 33.6 Å². The molecule has 27 heavy (non-hydrogen) atoms. The Balaban J connectivity index is 1.62. The van der Waals surface area contributed by atoms with Crippen LogP contribution in [0.3, 0.4) is 0 Å². The van der Waals surface area contributed by atoms with Gasteiger partial charge in [0.15, 0.2) is 6.04 Å². The molecule has 144 valence electrons. The number of hydrogen-bond acceptors (Lipinski definition) is 7. The number of carbonyl (C=O) groups is 1. The van der Waals surface area contributed by atoms with Gasteiger partial charge in [-0.15, -0.1) is 16.4 Å². The molecule has 2 N–H and O–H groups in total. The molecule has 1 fully saturated rings. The number of fused-ring (bicyclic) bond motifs is 1. The van der Waals surface area contributed by atoms with Crippen molar-refractivity contribution in [3.63, 3.8) is 0 Å². The Morgan fingerprint density at radius 3 is 2.89 bits per heavy atom. The van der Waals surface area contributed by atoms with Crippen LogP contribution in [-0.2, 0) is 9.53 Å². The van der Waals surface area contributed by atoms with Crippen LogP contribution in [-0.4, -0.2) is 45.4 Å². The molecule has 9 heteroatoms. The molecule has 4 rings (SSSR count). The highest BCUT2D eigenvalue weighted by molar-refractivity contribution is 7.17. The number of likely N-dealkylation sites (tertiary alicyclic amines) is 1. The Morgan fingerprint density at radius 1 is 1.48 bits per heavy atom. The lowest BCUT2D eigenvalue weighted by molar-refractivity contribution is -0.930. The number of nitrogens with zero attached hydrogens (tertiary/aromatic N) is 3. The number of carbonyl (C=O) groups excluding carboxylic acids is 1. The molecule has 1 saturated heterocycles. The second kappa shape index (κ2) is 7.57. The van der Waals surface area contributed by atoms with E-state index in [1.807, 2.05) is 19.9 Å². The minimum absolute atomic E-state index is 0.0174. The first kappa shape index (κ1) is 18.4. The third kappa shape index (κ3) is 3.46. The number of thiophene rings is 1. The Hall–Kier alpha value is -1.97. The van der Waals surface area contributed by atoms with Gasteiger partial charge in [0.2, 0.25) is 10.8 Å². The Bertz CT molecular complexity index is 926.